The standard InChI is InChI=1S/C17H20N2O2/c1-4-17(2,3)19-16(21)13-10-11-14(18-15(13)20)12-8-6-5-7-9-12/h5-11H,4H2,1-3H3,(H,18,20)(H,19,21). The Bertz CT molecular complexity index is 687. The molecule has 0 aliphatic rings. The highest BCUT2D eigenvalue weighted by Crippen LogP contribution is 2.15. The minimum Gasteiger partial charge on any atom is -0.347 e. The van der Waals surface area contributed by atoms with E-state index in [9.17, 15) is 9.59 Å². The van der Waals surface area contributed by atoms with Gasteiger partial charge in [-0.05, 0) is 38.0 Å². The van der Waals surface area contributed by atoms with Crippen LogP contribution in [-0.2, 0) is 0 Å². The molecule has 1 heterocycles. The summed E-state index contributed by atoms with van der Waals surface area (Å²) < 4.78 is 0. The average Bonchev–Trinajstić information content (AvgIpc) is 2.47. The van der Waals surface area contributed by atoms with Crippen LogP contribution in [0.1, 0.15) is 37.6 Å². The molecule has 2 aromatic rings. The maximum atomic E-state index is 12.2. The second-order valence-electron chi connectivity index (χ2n) is 5.67. The minimum atomic E-state index is -0.374. The van der Waals surface area contributed by atoms with Crippen LogP contribution >= 0.6 is 0 Å². The highest BCUT2D eigenvalue weighted by molar-refractivity contribution is 5.94. The Morgan fingerprint density at radius 3 is 2.38 bits per heavy atom. The van der Waals surface area contributed by atoms with E-state index in [0.717, 1.165) is 12.0 Å². The largest absolute Gasteiger partial charge is 0.347 e. The number of pyridine rings is 1. The van der Waals surface area contributed by atoms with Crippen molar-refractivity contribution in [3.05, 3.63) is 58.4 Å². The molecule has 0 saturated carbocycles. The lowest BCUT2D eigenvalue weighted by molar-refractivity contribution is 0.0909. The number of carbonyl (C=O) groups excluding carboxylic acids is 1. The number of aromatic amines is 1. The zero-order valence-corrected chi connectivity index (χ0v) is 12.6. The highest BCUT2D eigenvalue weighted by Gasteiger charge is 2.20. The molecule has 4 nitrogen and oxygen atoms in total. The number of nitrogens with one attached hydrogen (secondary N) is 2. The van der Waals surface area contributed by atoms with E-state index >= 15 is 0 Å². The van der Waals surface area contributed by atoms with Crippen LogP contribution in [-0.4, -0.2) is 16.4 Å². The Hall–Kier alpha value is -2.36. The SMILES string of the molecule is CCC(C)(C)NC(=O)c1ccc(-c2ccccc2)[nH]c1=O. The van der Waals surface area contributed by atoms with Crippen LogP contribution in [0.5, 0.6) is 0 Å². The number of benzene rings is 1. The van der Waals surface area contributed by atoms with Gasteiger partial charge in [0, 0.05) is 11.2 Å². The summed E-state index contributed by atoms with van der Waals surface area (Å²) in [4.78, 5) is 27.0. The molecule has 2 N–H and O–H groups in total. The first-order valence-corrected chi connectivity index (χ1v) is 7.04. The van der Waals surface area contributed by atoms with E-state index in [-0.39, 0.29) is 22.6 Å². The first-order chi connectivity index (χ1) is 9.93. The fourth-order valence-electron chi connectivity index (χ4n) is 1.90. The zero-order valence-electron chi connectivity index (χ0n) is 12.6. The van der Waals surface area contributed by atoms with Crippen LogP contribution in [0.15, 0.2) is 47.3 Å². The van der Waals surface area contributed by atoms with E-state index in [4.69, 9.17) is 0 Å². The van der Waals surface area contributed by atoms with Gasteiger partial charge in [0.2, 0.25) is 0 Å². The van der Waals surface area contributed by atoms with Crippen LogP contribution in [0.4, 0.5) is 0 Å². The van der Waals surface area contributed by atoms with Crippen molar-refractivity contribution in [1.29, 1.82) is 0 Å². The molecule has 0 saturated heterocycles. The molecule has 0 bridgehead atoms. The van der Waals surface area contributed by atoms with Crippen LogP contribution in [0, 0.1) is 0 Å². The summed E-state index contributed by atoms with van der Waals surface area (Å²) in [6, 6.07) is 12.9. The summed E-state index contributed by atoms with van der Waals surface area (Å²) in [5.74, 6) is -0.345. The van der Waals surface area contributed by atoms with Crippen LogP contribution in [0.25, 0.3) is 11.3 Å². The summed E-state index contributed by atoms with van der Waals surface area (Å²) in [6.45, 7) is 5.85. The van der Waals surface area contributed by atoms with Crippen molar-refractivity contribution in [2.45, 2.75) is 32.7 Å². The molecule has 0 fully saturated rings. The van der Waals surface area contributed by atoms with Crippen molar-refractivity contribution in [3.8, 4) is 11.3 Å². The van der Waals surface area contributed by atoms with E-state index in [0.29, 0.717) is 5.69 Å². The van der Waals surface area contributed by atoms with Gasteiger partial charge in [-0.25, -0.2) is 0 Å². The Morgan fingerprint density at radius 2 is 1.81 bits per heavy atom. The van der Waals surface area contributed by atoms with Crippen molar-refractivity contribution in [1.82, 2.24) is 10.3 Å². The number of hydrogen-bond acceptors (Lipinski definition) is 2. The topological polar surface area (TPSA) is 62.0 Å². The quantitative estimate of drug-likeness (QED) is 0.906. The minimum absolute atomic E-state index is 0.135. The van der Waals surface area contributed by atoms with E-state index in [2.05, 4.69) is 10.3 Å². The van der Waals surface area contributed by atoms with Crippen molar-refractivity contribution in [2.24, 2.45) is 0 Å². The third kappa shape index (κ3) is 3.60. The van der Waals surface area contributed by atoms with Gasteiger partial charge in [0.25, 0.3) is 11.5 Å². The van der Waals surface area contributed by atoms with Crippen LogP contribution in [0.2, 0.25) is 0 Å². The molecule has 0 radical (unpaired) electrons. The molecule has 0 aliphatic carbocycles. The fraction of sp³-hybridized carbons (Fsp3) is 0.294. The van der Waals surface area contributed by atoms with Crippen molar-refractivity contribution >= 4 is 5.91 Å². The van der Waals surface area contributed by atoms with E-state index in [1.807, 2.05) is 51.1 Å². The van der Waals surface area contributed by atoms with Crippen molar-refractivity contribution in [2.75, 3.05) is 0 Å². The molecular formula is C17H20N2O2. The van der Waals surface area contributed by atoms with Gasteiger partial charge >= 0.3 is 0 Å². The van der Waals surface area contributed by atoms with Gasteiger partial charge in [-0.3, -0.25) is 9.59 Å². The summed E-state index contributed by atoms with van der Waals surface area (Å²) in [6.07, 6.45) is 0.790. The molecule has 1 aromatic carbocycles. The second kappa shape index (κ2) is 5.95. The molecule has 1 aromatic heterocycles. The first-order valence-electron chi connectivity index (χ1n) is 7.04. The Morgan fingerprint density at radius 1 is 1.14 bits per heavy atom. The summed E-state index contributed by atoms with van der Waals surface area (Å²) in [7, 11) is 0. The van der Waals surface area contributed by atoms with Crippen LogP contribution < -0.4 is 10.9 Å². The summed E-state index contributed by atoms with van der Waals surface area (Å²) >= 11 is 0. The lowest BCUT2D eigenvalue weighted by Gasteiger charge is -2.24. The normalized spacial score (nSPS) is 11.2. The van der Waals surface area contributed by atoms with E-state index in [1.165, 1.54) is 0 Å². The van der Waals surface area contributed by atoms with E-state index < -0.39 is 0 Å². The fourth-order valence-corrected chi connectivity index (χ4v) is 1.90. The first kappa shape index (κ1) is 15.0. The summed E-state index contributed by atoms with van der Waals surface area (Å²) in [5, 5.41) is 2.86. The third-order valence-electron chi connectivity index (χ3n) is 3.57. The molecule has 110 valence electrons. The zero-order chi connectivity index (χ0) is 15.5. The van der Waals surface area contributed by atoms with Gasteiger partial charge < -0.3 is 10.3 Å². The molecule has 21 heavy (non-hydrogen) atoms. The molecular weight excluding hydrogens is 264 g/mol. The lowest BCUT2D eigenvalue weighted by Crippen LogP contribution is -2.44. The maximum Gasteiger partial charge on any atom is 0.261 e. The van der Waals surface area contributed by atoms with Crippen molar-refractivity contribution < 1.29 is 4.79 Å². The average molecular weight is 284 g/mol. The molecule has 0 atom stereocenters. The predicted molar refractivity (Wildman–Crippen MR) is 84.3 cm³/mol. The summed E-state index contributed by atoms with van der Waals surface area (Å²) in [5.41, 5.74) is 1.04. The Kier molecular flexibility index (Phi) is 4.26. The van der Waals surface area contributed by atoms with Gasteiger partial charge in [-0.15, -0.1) is 0 Å². The number of hydrogen-bond donors (Lipinski definition) is 2. The molecule has 1 amide bonds. The molecule has 2 rings (SSSR count). The number of amides is 1. The van der Waals surface area contributed by atoms with Gasteiger partial charge in [-0.2, -0.15) is 0 Å². The molecule has 0 aliphatic heterocycles. The number of rotatable bonds is 4. The highest BCUT2D eigenvalue weighted by atomic mass is 16.2. The smallest absolute Gasteiger partial charge is 0.261 e. The van der Waals surface area contributed by atoms with Gasteiger partial charge in [0.1, 0.15) is 5.56 Å². The van der Waals surface area contributed by atoms with Crippen molar-refractivity contribution in [3.63, 3.8) is 0 Å². The molecule has 0 unspecified atom stereocenters. The molecule has 4 heteroatoms. The second-order valence-corrected chi connectivity index (χ2v) is 5.67. The monoisotopic (exact) mass is 284 g/mol. The predicted octanol–water partition coefficient (Wildman–Crippen LogP) is 2.96. The number of H-pyrrole nitrogens is 1. The van der Waals surface area contributed by atoms with Gasteiger partial charge in [-0.1, -0.05) is 37.3 Å². The Labute approximate surface area is 124 Å². The number of carbonyl (C=O) groups is 1. The third-order valence-corrected chi connectivity index (χ3v) is 3.57. The Balaban J connectivity index is 2.28. The lowest BCUT2D eigenvalue weighted by atomic mass is 10.0. The maximum absolute atomic E-state index is 12.2. The van der Waals surface area contributed by atoms with E-state index in [1.54, 1.807) is 12.1 Å². The molecule has 0 spiro atoms. The number of aromatic nitrogens is 1. The van der Waals surface area contributed by atoms with Gasteiger partial charge in [0.05, 0.1) is 0 Å². The van der Waals surface area contributed by atoms with Gasteiger partial charge in [0.15, 0.2) is 0 Å². The van der Waals surface area contributed by atoms with Crippen LogP contribution in [0.3, 0.4) is 0 Å².